The van der Waals surface area contributed by atoms with Gasteiger partial charge in [0.05, 0.1) is 25.3 Å². The number of fused-ring (bicyclic) bond motifs is 2. The number of carboxylic acids is 2. The van der Waals surface area contributed by atoms with E-state index >= 15 is 0 Å². The molecule has 0 unspecified atom stereocenters. The lowest BCUT2D eigenvalue weighted by Crippen LogP contribution is -2.12. The third kappa shape index (κ3) is 7.91. The van der Waals surface area contributed by atoms with Crippen LogP contribution in [0.1, 0.15) is 104 Å². The van der Waals surface area contributed by atoms with Crippen molar-refractivity contribution < 1.29 is 29.3 Å². The summed E-state index contributed by atoms with van der Waals surface area (Å²) in [6.07, 6.45) is 16.7. The van der Waals surface area contributed by atoms with E-state index < -0.39 is 11.9 Å². The maximum Gasteiger partial charge on any atom is 0.336 e. The van der Waals surface area contributed by atoms with Crippen molar-refractivity contribution in [2.75, 3.05) is 14.2 Å². The van der Waals surface area contributed by atoms with E-state index in [9.17, 15) is 19.8 Å². The van der Waals surface area contributed by atoms with Crippen LogP contribution in [-0.2, 0) is 25.7 Å². The number of pyridine rings is 2. The molecule has 8 nitrogen and oxygen atoms in total. The number of benzene rings is 2. The second-order valence-electron chi connectivity index (χ2n) is 12.1. The van der Waals surface area contributed by atoms with Gasteiger partial charge in [-0.25, -0.2) is 9.59 Å². The number of aromatic nitrogens is 2. The van der Waals surface area contributed by atoms with Gasteiger partial charge in [-0.1, -0.05) is 12.1 Å². The van der Waals surface area contributed by atoms with Crippen molar-refractivity contribution in [3.8, 4) is 11.5 Å². The standard InChI is InChI=1S/2C19H21NO3/c2*1-23-16-7-8-17-13(3-2-4-14(17)11-16)5-6-15-12-20-10-9-18(15)19(21)22/h2*7-13H,2-6H2,1H3,(H,21,22)/t2*13-/m10/s1. The molecule has 0 spiro atoms. The van der Waals surface area contributed by atoms with Gasteiger partial charge in [0.1, 0.15) is 11.5 Å². The summed E-state index contributed by atoms with van der Waals surface area (Å²) in [6.45, 7) is 0. The molecule has 46 heavy (non-hydrogen) atoms. The van der Waals surface area contributed by atoms with Gasteiger partial charge in [0.15, 0.2) is 0 Å². The second-order valence-corrected chi connectivity index (χ2v) is 12.1. The number of ether oxygens (including phenoxy) is 2. The summed E-state index contributed by atoms with van der Waals surface area (Å²) >= 11 is 0. The van der Waals surface area contributed by atoms with Crippen LogP contribution in [0.5, 0.6) is 11.5 Å². The largest absolute Gasteiger partial charge is 0.497 e. The summed E-state index contributed by atoms with van der Waals surface area (Å²) in [6, 6.07) is 15.8. The van der Waals surface area contributed by atoms with Crippen LogP contribution < -0.4 is 9.47 Å². The van der Waals surface area contributed by atoms with Crippen LogP contribution in [0, 0.1) is 0 Å². The molecular weight excluding hydrogens is 580 g/mol. The highest BCUT2D eigenvalue weighted by Gasteiger charge is 2.23. The van der Waals surface area contributed by atoms with Crippen LogP contribution in [0.2, 0.25) is 0 Å². The normalized spacial score (nSPS) is 16.7. The van der Waals surface area contributed by atoms with Gasteiger partial charge < -0.3 is 19.7 Å². The first-order chi connectivity index (χ1) is 22.4. The van der Waals surface area contributed by atoms with Crippen molar-refractivity contribution in [1.29, 1.82) is 0 Å². The smallest absolute Gasteiger partial charge is 0.336 e. The number of aryl methyl sites for hydroxylation is 4. The number of aromatic carboxylic acids is 2. The van der Waals surface area contributed by atoms with Gasteiger partial charge in [0.25, 0.3) is 0 Å². The molecule has 0 saturated heterocycles. The van der Waals surface area contributed by atoms with Gasteiger partial charge in [-0.3, -0.25) is 9.97 Å². The van der Waals surface area contributed by atoms with Crippen LogP contribution in [-0.4, -0.2) is 46.3 Å². The van der Waals surface area contributed by atoms with Gasteiger partial charge in [-0.05, 0) is 146 Å². The van der Waals surface area contributed by atoms with Crippen molar-refractivity contribution in [1.82, 2.24) is 9.97 Å². The molecule has 2 aliphatic carbocycles. The van der Waals surface area contributed by atoms with Crippen LogP contribution in [0.3, 0.4) is 0 Å². The highest BCUT2D eigenvalue weighted by atomic mass is 16.5. The lowest BCUT2D eigenvalue weighted by atomic mass is 9.79. The number of hydrogen-bond acceptors (Lipinski definition) is 6. The van der Waals surface area contributed by atoms with Crippen LogP contribution in [0.15, 0.2) is 73.3 Å². The predicted molar refractivity (Wildman–Crippen MR) is 176 cm³/mol. The van der Waals surface area contributed by atoms with E-state index in [2.05, 4.69) is 34.2 Å². The molecule has 8 heteroatoms. The Morgan fingerprint density at radius 1 is 0.696 bits per heavy atom. The van der Waals surface area contributed by atoms with E-state index in [1.165, 1.54) is 47.5 Å². The fourth-order valence-corrected chi connectivity index (χ4v) is 6.97. The number of carbonyl (C=O) groups is 2. The molecule has 2 N–H and O–H groups in total. The Morgan fingerprint density at radius 3 is 1.52 bits per heavy atom. The van der Waals surface area contributed by atoms with Gasteiger partial charge in [0, 0.05) is 24.8 Å². The van der Waals surface area contributed by atoms with E-state index in [-0.39, 0.29) is 0 Å². The Bertz CT molecular complexity index is 1550. The van der Waals surface area contributed by atoms with E-state index in [1.807, 2.05) is 12.1 Å². The SMILES string of the molecule is COc1ccc2c(c1)CCC[C@@H]2CCc1cnccc1C(=O)O.COc1ccc2c(c1)CCC[C@H]2CCc1cnccc1C(=O)O. The van der Waals surface area contributed by atoms with Crippen molar-refractivity contribution in [2.45, 2.75) is 76.0 Å². The molecular formula is C38H42N2O6. The summed E-state index contributed by atoms with van der Waals surface area (Å²) in [4.78, 5) is 30.8. The monoisotopic (exact) mass is 622 g/mol. The Balaban J connectivity index is 0.000000181. The molecule has 6 rings (SSSR count). The number of methoxy groups -OCH3 is 2. The fraction of sp³-hybridized carbons (Fsp3) is 0.368. The topological polar surface area (TPSA) is 119 Å². The Morgan fingerprint density at radius 2 is 1.13 bits per heavy atom. The number of nitrogens with zero attached hydrogens (tertiary/aromatic N) is 2. The van der Waals surface area contributed by atoms with Crippen LogP contribution in [0.25, 0.3) is 0 Å². The third-order valence-electron chi connectivity index (χ3n) is 9.37. The van der Waals surface area contributed by atoms with E-state index in [1.54, 1.807) is 38.7 Å². The van der Waals surface area contributed by atoms with Gasteiger partial charge in [0.2, 0.25) is 0 Å². The van der Waals surface area contributed by atoms with Gasteiger partial charge in [-0.2, -0.15) is 0 Å². The molecule has 240 valence electrons. The van der Waals surface area contributed by atoms with Crippen molar-refractivity contribution in [3.05, 3.63) is 118 Å². The average molecular weight is 623 g/mol. The van der Waals surface area contributed by atoms with Gasteiger partial charge in [-0.15, -0.1) is 0 Å². The molecule has 0 saturated carbocycles. The highest BCUT2D eigenvalue weighted by molar-refractivity contribution is 5.89. The first-order valence-electron chi connectivity index (χ1n) is 16.0. The Labute approximate surface area is 270 Å². The lowest BCUT2D eigenvalue weighted by molar-refractivity contribution is 0.0684. The molecule has 2 aromatic heterocycles. The minimum atomic E-state index is -0.879. The number of hydrogen-bond donors (Lipinski definition) is 2. The quantitative estimate of drug-likeness (QED) is 0.185. The summed E-state index contributed by atoms with van der Waals surface area (Å²) in [5, 5.41) is 18.6. The maximum absolute atomic E-state index is 11.3. The van der Waals surface area contributed by atoms with E-state index in [0.717, 1.165) is 74.0 Å². The molecule has 0 radical (unpaired) electrons. The highest BCUT2D eigenvalue weighted by Crippen LogP contribution is 2.38. The zero-order valence-electron chi connectivity index (χ0n) is 26.6. The minimum absolute atomic E-state index is 0.366. The van der Waals surface area contributed by atoms with Crippen molar-refractivity contribution >= 4 is 11.9 Å². The molecule has 4 aromatic rings. The predicted octanol–water partition coefficient (Wildman–Crippen LogP) is 7.68. The first kappa shape index (κ1) is 32.7. The zero-order chi connectivity index (χ0) is 32.5. The molecule has 0 aliphatic heterocycles. The summed E-state index contributed by atoms with van der Waals surface area (Å²) < 4.78 is 10.6. The van der Waals surface area contributed by atoms with Crippen LogP contribution >= 0.6 is 0 Å². The summed E-state index contributed by atoms with van der Waals surface area (Å²) in [5.41, 5.74) is 7.88. The first-order valence-corrected chi connectivity index (χ1v) is 16.0. The minimum Gasteiger partial charge on any atom is -0.497 e. The Kier molecular flexibility index (Phi) is 11.0. The average Bonchev–Trinajstić information content (AvgIpc) is 3.09. The molecule has 0 amide bonds. The summed E-state index contributed by atoms with van der Waals surface area (Å²) in [5.74, 6) is 1.01. The van der Waals surface area contributed by atoms with Crippen molar-refractivity contribution in [3.63, 3.8) is 0 Å². The number of rotatable bonds is 10. The maximum atomic E-state index is 11.3. The van der Waals surface area contributed by atoms with Crippen molar-refractivity contribution in [2.24, 2.45) is 0 Å². The zero-order valence-corrected chi connectivity index (χ0v) is 26.6. The third-order valence-corrected chi connectivity index (χ3v) is 9.37. The molecule has 2 heterocycles. The Hall–Kier alpha value is -4.72. The molecule has 2 atom stereocenters. The summed E-state index contributed by atoms with van der Waals surface area (Å²) in [7, 11) is 3.38. The second kappa shape index (κ2) is 15.5. The number of carboxylic acid groups (broad SMARTS) is 2. The lowest BCUT2D eigenvalue weighted by Gasteiger charge is -2.26. The van der Waals surface area contributed by atoms with Crippen LogP contribution in [0.4, 0.5) is 0 Å². The molecule has 2 aromatic carbocycles. The van der Waals surface area contributed by atoms with E-state index in [4.69, 9.17) is 9.47 Å². The molecule has 0 fully saturated rings. The fourth-order valence-electron chi connectivity index (χ4n) is 6.97. The molecule has 0 bridgehead atoms. The van der Waals surface area contributed by atoms with E-state index in [0.29, 0.717) is 23.0 Å². The molecule has 2 aliphatic rings. The van der Waals surface area contributed by atoms with Gasteiger partial charge >= 0.3 is 11.9 Å².